The van der Waals surface area contributed by atoms with E-state index in [1.54, 1.807) is 6.92 Å². The van der Waals surface area contributed by atoms with Crippen molar-refractivity contribution in [2.75, 3.05) is 0 Å². The van der Waals surface area contributed by atoms with E-state index in [1.165, 1.54) is 0 Å². The largest absolute Gasteiger partial charge is 0.393 e. The lowest BCUT2D eigenvalue weighted by molar-refractivity contribution is 0.194. The summed E-state index contributed by atoms with van der Waals surface area (Å²) in [7, 11) is 0. The number of aliphatic hydroxyl groups is 1. The minimum Gasteiger partial charge on any atom is -0.393 e. The molecule has 0 spiro atoms. The van der Waals surface area contributed by atoms with Crippen LogP contribution in [0.3, 0.4) is 0 Å². The van der Waals surface area contributed by atoms with Crippen molar-refractivity contribution in [1.82, 2.24) is 9.97 Å². The molecule has 0 saturated heterocycles. The number of hydrogen-bond acceptors (Lipinski definition) is 2. The first-order valence-corrected chi connectivity index (χ1v) is 4.37. The highest BCUT2D eigenvalue weighted by Crippen LogP contribution is 2.10. The standard InChI is InChI=1S/C10H12N2O/c1-7(13)6-8-2-3-9-10(12-8)4-5-11-9/h2-5,7,11,13H,6H2,1H3. The molecule has 3 heteroatoms. The van der Waals surface area contributed by atoms with Gasteiger partial charge in [0.2, 0.25) is 0 Å². The van der Waals surface area contributed by atoms with Crippen molar-refractivity contribution >= 4 is 11.0 Å². The lowest BCUT2D eigenvalue weighted by Crippen LogP contribution is -2.05. The molecular formula is C10H12N2O. The highest BCUT2D eigenvalue weighted by atomic mass is 16.3. The Morgan fingerprint density at radius 2 is 2.31 bits per heavy atom. The highest BCUT2D eigenvalue weighted by Gasteiger charge is 2.01. The van der Waals surface area contributed by atoms with Crippen LogP contribution in [0.5, 0.6) is 0 Å². The van der Waals surface area contributed by atoms with Gasteiger partial charge in [-0.2, -0.15) is 0 Å². The molecule has 0 bridgehead atoms. The molecule has 2 aromatic rings. The number of nitrogens with one attached hydrogen (secondary N) is 1. The van der Waals surface area contributed by atoms with Gasteiger partial charge in [-0.1, -0.05) is 0 Å². The van der Waals surface area contributed by atoms with Crippen molar-refractivity contribution in [3.05, 3.63) is 30.1 Å². The van der Waals surface area contributed by atoms with E-state index in [2.05, 4.69) is 9.97 Å². The van der Waals surface area contributed by atoms with E-state index in [4.69, 9.17) is 0 Å². The minimum atomic E-state index is -0.330. The van der Waals surface area contributed by atoms with Crippen molar-refractivity contribution in [2.45, 2.75) is 19.4 Å². The zero-order valence-electron chi connectivity index (χ0n) is 7.49. The maximum atomic E-state index is 9.18. The summed E-state index contributed by atoms with van der Waals surface area (Å²) in [5.74, 6) is 0. The van der Waals surface area contributed by atoms with Gasteiger partial charge in [-0.15, -0.1) is 0 Å². The normalized spacial score (nSPS) is 13.4. The van der Waals surface area contributed by atoms with Crippen molar-refractivity contribution in [1.29, 1.82) is 0 Å². The van der Waals surface area contributed by atoms with E-state index in [0.717, 1.165) is 16.7 Å². The van der Waals surface area contributed by atoms with Crippen LogP contribution in [-0.4, -0.2) is 21.2 Å². The average Bonchev–Trinajstić information content (AvgIpc) is 2.49. The van der Waals surface area contributed by atoms with Crippen LogP contribution in [0.2, 0.25) is 0 Å². The molecule has 0 aliphatic heterocycles. The fourth-order valence-corrected chi connectivity index (χ4v) is 1.39. The minimum absolute atomic E-state index is 0.330. The average molecular weight is 176 g/mol. The molecule has 68 valence electrons. The Labute approximate surface area is 76.4 Å². The predicted molar refractivity (Wildman–Crippen MR) is 51.5 cm³/mol. The maximum Gasteiger partial charge on any atom is 0.0882 e. The second kappa shape index (κ2) is 3.18. The van der Waals surface area contributed by atoms with E-state index < -0.39 is 0 Å². The van der Waals surface area contributed by atoms with Crippen molar-refractivity contribution in [2.24, 2.45) is 0 Å². The van der Waals surface area contributed by atoms with Gasteiger partial charge >= 0.3 is 0 Å². The molecule has 0 amide bonds. The molecule has 0 aliphatic rings. The molecule has 0 radical (unpaired) electrons. The number of nitrogens with zero attached hydrogens (tertiary/aromatic N) is 1. The number of aliphatic hydroxyl groups excluding tert-OH is 1. The van der Waals surface area contributed by atoms with Gasteiger partial charge < -0.3 is 10.1 Å². The van der Waals surface area contributed by atoms with Crippen LogP contribution in [0.25, 0.3) is 11.0 Å². The van der Waals surface area contributed by atoms with E-state index in [-0.39, 0.29) is 6.10 Å². The number of fused-ring (bicyclic) bond motifs is 1. The van der Waals surface area contributed by atoms with Gasteiger partial charge in [-0.3, -0.25) is 4.98 Å². The molecule has 0 fully saturated rings. The second-order valence-electron chi connectivity index (χ2n) is 3.27. The molecule has 3 nitrogen and oxygen atoms in total. The van der Waals surface area contributed by atoms with Gasteiger partial charge in [0.25, 0.3) is 0 Å². The first-order chi connectivity index (χ1) is 6.25. The van der Waals surface area contributed by atoms with Crippen molar-refractivity contribution in [3.8, 4) is 0 Å². The fraction of sp³-hybridized carbons (Fsp3) is 0.300. The zero-order chi connectivity index (χ0) is 9.26. The molecule has 2 heterocycles. The molecule has 0 saturated carbocycles. The fourth-order valence-electron chi connectivity index (χ4n) is 1.39. The molecule has 0 aromatic carbocycles. The van der Waals surface area contributed by atoms with Crippen LogP contribution >= 0.6 is 0 Å². The maximum absolute atomic E-state index is 9.18. The topological polar surface area (TPSA) is 48.9 Å². The summed E-state index contributed by atoms with van der Waals surface area (Å²) in [6.45, 7) is 1.77. The molecule has 2 aromatic heterocycles. The molecular weight excluding hydrogens is 164 g/mol. The van der Waals surface area contributed by atoms with E-state index in [9.17, 15) is 5.11 Å². The Hall–Kier alpha value is -1.35. The molecule has 1 atom stereocenters. The van der Waals surface area contributed by atoms with Crippen LogP contribution in [0.1, 0.15) is 12.6 Å². The van der Waals surface area contributed by atoms with Gasteiger partial charge in [0.15, 0.2) is 0 Å². The number of pyridine rings is 1. The number of aromatic nitrogens is 2. The monoisotopic (exact) mass is 176 g/mol. The molecule has 2 rings (SSSR count). The molecule has 1 unspecified atom stereocenters. The Morgan fingerprint density at radius 1 is 1.46 bits per heavy atom. The van der Waals surface area contributed by atoms with Gasteiger partial charge in [0.1, 0.15) is 0 Å². The van der Waals surface area contributed by atoms with E-state index in [0.29, 0.717) is 6.42 Å². The van der Waals surface area contributed by atoms with Gasteiger partial charge in [0, 0.05) is 18.3 Å². The summed E-state index contributed by atoms with van der Waals surface area (Å²) in [6, 6.07) is 5.85. The number of H-pyrrole nitrogens is 1. The summed E-state index contributed by atoms with van der Waals surface area (Å²) in [6.07, 6.45) is 2.15. The lowest BCUT2D eigenvalue weighted by atomic mass is 10.2. The van der Waals surface area contributed by atoms with Crippen LogP contribution in [0.15, 0.2) is 24.4 Å². The second-order valence-corrected chi connectivity index (χ2v) is 3.27. The number of hydrogen-bond donors (Lipinski definition) is 2. The summed E-state index contributed by atoms with van der Waals surface area (Å²) >= 11 is 0. The Bertz CT molecular complexity index is 406. The first kappa shape index (κ1) is 8.26. The van der Waals surface area contributed by atoms with E-state index >= 15 is 0 Å². The van der Waals surface area contributed by atoms with Crippen LogP contribution in [0.4, 0.5) is 0 Å². The van der Waals surface area contributed by atoms with Crippen LogP contribution in [0, 0.1) is 0 Å². The van der Waals surface area contributed by atoms with Gasteiger partial charge in [0.05, 0.1) is 17.1 Å². The van der Waals surface area contributed by atoms with Crippen LogP contribution in [-0.2, 0) is 6.42 Å². The third-order valence-electron chi connectivity index (χ3n) is 1.97. The SMILES string of the molecule is CC(O)Cc1ccc2[nH]ccc2n1. The Morgan fingerprint density at radius 3 is 3.08 bits per heavy atom. The number of aromatic amines is 1. The highest BCUT2D eigenvalue weighted by molar-refractivity contribution is 5.74. The zero-order valence-corrected chi connectivity index (χ0v) is 7.49. The summed E-state index contributed by atoms with van der Waals surface area (Å²) in [5, 5.41) is 9.18. The smallest absolute Gasteiger partial charge is 0.0882 e. The summed E-state index contributed by atoms with van der Waals surface area (Å²) in [4.78, 5) is 7.46. The van der Waals surface area contributed by atoms with Crippen LogP contribution < -0.4 is 0 Å². The van der Waals surface area contributed by atoms with E-state index in [1.807, 2.05) is 24.4 Å². The number of rotatable bonds is 2. The third kappa shape index (κ3) is 1.70. The van der Waals surface area contributed by atoms with Gasteiger partial charge in [-0.05, 0) is 25.1 Å². The first-order valence-electron chi connectivity index (χ1n) is 4.37. The Kier molecular flexibility index (Phi) is 2.02. The summed E-state index contributed by atoms with van der Waals surface area (Å²) in [5.41, 5.74) is 2.93. The molecule has 0 aliphatic carbocycles. The quantitative estimate of drug-likeness (QED) is 0.728. The lowest BCUT2D eigenvalue weighted by Gasteiger charge is -2.02. The predicted octanol–water partition coefficient (Wildman–Crippen LogP) is 1.49. The van der Waals surface area contributed by atoms with Crippen molar-refractivity contribution in [3.63, 3.8) is 0 Å². The molecule has 13 heavy (non-hydrogen) atoms. The van der Waals surface area contributed by atoms with Gasteiger partial charge in [-0.25, -0.2) is 0 Å². The van der Waals surface area contributed by atoms with Crippen molar-refractivity contribution < 1.29 is 5.11 Å². The Balaban J connectivity index is 2.37. The molecule has 2 N–H and O–H groups in total. The third-order valence-corrected chi connectivity index (χ3v) is 1.97. The summed E-state index contributed by atoms with van der Waals surface area (Å²) < 4.78 is 0.